The monoisotopic (exact) mass is 784 g/mol. The Morgan fingerprint density at radius 2 is 1.13 bits per heavy atom. The summed E-state index contributed by atoms with van der Waals surface area (Å²) in [6, 6.07) is 25.8. The van der Waals surface area contributed by atoms with Crippen molar-refractivity contribution in [3.63, 3.8) is 0 Å². The minimum absolute atomic E-state index is 0.119. The predicted octanol–water partition coefficient (Wildman–Crippen LogP) is 9.66. The molecule has 1 fully saturated rings. The zero-order valence-corrected chi connectivity index (χ0v) is 31.3. The average molecular weight is 785 g/mol. The van der Waals surface area contributed by atoms with Crippen LogP contribution in [0, 0.1) is 20.2 Å². The number of pyridine rings is 2. The molecule has 0 aliphatic carbocycles. The first kappa shape index (κ1) is 36.4. The van der Waals surface area contributed by atoms with Crippen LogP contribution in [0.1, 0.15) is 27.7 Å². The van der Waals surface area contributed by atoms with Gasteiger partial charge in [-0.15, -0.1) is 0 Å². The number of aromatic nitrogens is 4. The van der Waals surface area contributed by atoms with Gasteiger partial charge in [-0.25, -0.2) is 0 Å². The third-order valence-corrected chi connectivity index (χ3v) is 10.5. The number of nitro groups is 2. The van der Waals surface area contributed by atoms with Crippen LogP contribution in [0.25, 0.3) is 54.5 Å². The van der Waals surface area contributed by atoms with E-state index in [1.165, 1.54) is 0 Å². The molecule has 270 valence electrons. The van der Waals surface area contributed by atoms with Crippen LogP contribution in [0.2, 0.25) is 0 Å². The molecular formula is C40H34BBrN6O6. The largest absolute Gasteiger partial charge is 0.497 e. The number of aromatic amines is 2. The van der Waals surface area contributed by atoms with Crippen LogP contribution in [0.4, 0.5) is 11.4 Å². The van der Waals surface area contributed by atoms with Gasteiger partial charge in [0.2, 0.25) is 0 Å². The normalized spacial score (nSPS) is 14.4. The molecule has 0 atom stereocenters. The molecule has 0 radical (unpaired) electrons. The standard InChI is InChI=1S/C17H11N3O2.C13H17BN2O2.C10H6BrNO2/c21-20(22)17-12-4-2-1-3-11(12)5-6-14(17)15-9-18-10-16-13(15)7-8-19-16;1-12(2)13(3,4)18-14(17-12)10-7-15-8-11-9(10)5-6-16-11;11-9-6-5-7-3-1-2-4-8(7)10(9)12(13)14/h1-10,19H;5-8,16H,1-4H3;1-6H. The maximum absolute atomic E-state index is 11.7. The minimum atomic E-state index is -0.369. The van der Waals surface area contributed by atoms with Crippen molar-refractivity contribution in [2.75, 3.05) is 0 Å². The second-order valence-corrected chi connectivity index (χ2v) is 14.6. The lowest BCUT2D eigenvalue weighted by Crippen LogP contribution is -2.41. The molecule has 0 spiro atoms. The van der Waals surface area contributed by atoms with Crippen molar-refractivity contribution in [1.82, 2.24) is 19.9 Å². The molecule has 12 nitrogen and oxygen atoms in total. The smallest absolute Gasteiger partial charge is 0.399 e. The molecule has 8 aromatic rings. The number of H-pyrrole nitrogens is 2. The van der Waals surface area contributed by atoms with E-state index in [4.69, 9.17) is 9.31 Å². The molecule has 1 aliphatic heterocycles. The van der Waals surface area contributed by atoms with Gasteiger partial charge in [0.05, 0.1) is 65.3 Å². The van der Waals surface area contributed by atoms with Gasteiger partial charge in [-0.1, -0.05) is 48.5 Å². The molecule has 0 unspecified atom stereocenters. The van der Waals surface area contributed by atoms with E-state index < -0.39 is 0 Å². The van der Waals surface area contributed by atoms with Crippen molar-refractivity contribution in [1.29, 1.82) is 0 Å². The molecule has 9 rings (SSSR count). The third kappa shape index (κ3) is 6.82. The summed E-state index contributed by atoms with van der Waals surface area (Å²) >= 11 is 3.18. The van der Waals surface area contributed by atoms with E-state index in [0.717, 1.165) is 43.6 Å². The highest BCUT2D eigenvalue weighted by Gasteiger charge is 2.52. The van der Waals surface area contributed by atoms with Crippen LogP contribution in [0.3, 0.4) is 0 Å². The first-order valence-electron chi connectivity index (χ1n) is 17.0. The SMILES string of the molecule is CC1(C)OB(c2cncc3[nH]ccc23)OC1(C)C.O=[N+]([O-])c1c(-c2cncc3[nH]ccc23)ccc2ccccc12.O=[N+]([O-])c1c(Br)ccc2ccccc12. The van der Waals surface area contributed by atoms with Gasteiger partial charge in [0, 0.05) is 46.6 Å². The Morgan fingerprint density at radius 3 is 1.74 bits per heavy atom. The number of nitrogens with zero attached hydrogens (tertiary/aromatic N) is 4. The lowest BCUT2D eigenvalue weighted by atomic mass is 9.78. The zero-order valence-electron chi connectivity index (χ0n) is 29.7. The molecule has 0 bridgehead atoms. The van der Waals surface area contributed by atoms with Crippen LogP contribution in [-0.2, 0) is 9.31 Å². The Labute approximate surface area is 318 Å². The molecule has 0 saturated carbocycles. The highest BCUT2D eigenvalue weighted by Crippen LogP contribution is 2.39. The first-order chi connectivity index (χ1) is 25.9. The summed E-state index contributed by atoms with van der Waals surface area (Å²) in [6.45, 7) is 8.21. The number of halogens is 1. The molecule has 0 amide bonds. The quantitative estimate of drug-likeness (QED) is 0.101. The van der Waals surface area contributed by atoms with Crippen LogP contribution in [0.5, 0.6) is 0 Å². The number of nitro benzene ring substituents is 2. The predicted molar refractivity (Wildman–Crippen MR) is 216 cm³/mol. The second-order valence-electron chi connectivity index (χ2n) is 13.7. The zero-order chi connectivity index (χ0) is 38.2. The summed E-state index contributed by atoms with van der Waals surface area (Å²) in [6.07, 6.45) is 10.7. The Balaban J connectivity index is 0.000000128. The molecule has 4 aromatic heterocycles. The number of hydrogen-bond acceptors (Lipinski definition) is 8. The fraction of sp³-hybridized carbons (Fsp3) is 0.150. The molecule has 5 heterocycles. The van der Waals surface area contributed by atoms with Crippen molar-refractivity contribution in [2.45, 2.75) is 38.9 Å². The maximum atomic E-state index is 11.7. The van der Waals surface area contributed by atoms with E-state index in [2.05, 4.69) is 63.6 Å². The van der Waals surface area contributed by atoms with Gasteiger partial charge in [0.25, 0.3) is 11.4 Å². The van der Waals surface area contributed by atoms with E-state index in [-0.39, 0.29) is 39.5 Å². The summed E-state index contributed by atoms with van der Waals surface area (Å²) in [5.74, 6) is 0. The molecule has 14 heteroatoms. The number of hydrogen-bond donors (Lipinski definition) is 2. The molecule has 54 heavy (non-hydrogen) atoms. The molecular weight excluding hydrogens is 751 g/mol. The van der Waals surface area contributed by atoms with E-state index in [1.807, 2.05) is 79.4 Å². The fourth-order valence-corrected chi connectivity index (χ4v) is 6.93. The third-order valence-electron chi connectivity index (χ3n) is 9.90. The number of rotatable bonds is 4. The van der Waals surface area contributed by atoms with Gasteiger partial charge in [-0.3, -0.25) is 30.2 Å². The van der Waals surface area contributed by atoms with Gasteiger partial charge in [0.15, 0.2) is 0 Å². The van der Waals surface area contributed by atoms with E-state index in [1.54, 1.807) is 42.7 Å². The molecule has 1 saturated heterocycles. The fourth-order valence-electron chi connectivity index (χ4n) is 6.44. The van der Waals surface area contributed by atoms with Crippen LogP contribution in [0.15, 0.2) is 127 Å². The number of nitrogens with one attached hydrogen (secondary N) is 2. The Morgan fingerprint density at radius 1 is 0.611 bits per heavy atom. The van der Waals surface area contributed by atoms with Gasteiger partial charge in [-0.2, -0.15) is 0 Å². The second kappa shape index (κ2) is 14.5. The number of fused-ring (bicyclic) bond motifs is 4. The van der Waals surface area contributed by atoms with Crippen molar-refractivity contribution in [3.8, 4) is 11.1 Å². The molecule has 4 aromatic carbocycles. The number of benzene rings is 4. The van der Waals surface area contributed by atoms with Gasteiger partial charge < -0.3 is 19.3 Å². The Bertz CT molecular complexity index is 2680. The van der Waals surface area contributed by atoms with Crippen LogP contribution in [-0.4, -0.2) is 48.1 Å². The summed E-state index contributed by atoms with van der Waals surface area (Å²) in [5, 5.41) is 27.5. The summed E-state index contributed by atoms with van der Waals surface area (Å²) in [4.78, 5) is 36.4. The van der Waals surface area contributed by atoms with E-state index in [0.29, 0.717) is 20.8 Å². The first-order valence-corrected chi connectivity index (χ1v) is 17.8. The van der Waals surface area contributed by atoms with Gasteiger partial charge >= 0.3 is 7.12 Å². The van der Waals surface area contributed by atoms with Crippen molar-refractivity contribution < 1.29 is 19.2 Å². The summed E-state index contributed by atoms with van der Waals surface area (Å²) in [5.41, 5.74) is 3.79. The van der Waals surface area contributed by atoms with Crippen LogP contribution >= 0.6 is 15.9 Å². The van der Waals surface area contributed by atoms with Gasteiger partial charge in [-0.05, 0) is 90.8 Å². The highest BCUT2D eigenvalue weighted by atomic mass is 79.9. The minimum Gasteiger partial charge on any atom is -0.399 e. The van der Waals surface area contributed by atoms with Crippen LogP contribution < -0.4 is 5.46 Å². The van der Waals surface area contributed by atoms with Crippen molar-refractivity contribution >= 4 is 83.2 Å². The lowest BCUT2D eigenvalue weighted by molar-refractivity contribution is -0.383. The highest BCUT2D eigenvalue weighted by molar-refractivity contribution is 9.10. The Kier molecular flexibility index (Phi) is 9.75. The lowest BCUT2D eigenvalue weighted by Gasteiger charge is -2.32. The van der Waals surface area contributed by atoms with E-state index in [9.17, 15) is 20.2 Å². The Hall–Kier alpha value is -5.96. The maximum Gasteiger partial charge on any atom is 0.497 e. The van der Waals surface area contributed by atoms with Gasteiger partial charge in [0.1, 0.15) is 0 Å². The van der Waals surface area contributed by atoms with E-state index >= 15 is 0 Å². The molecule has 2 N–H and O–H groups in total. The van der Waals surface area contributed by atoms with Crippen molar-refractivity contribution in [2.24, 2.45) is 0 Å². The van der Waals surface area contributed by atoms with Crippen molar-refractivity contribution in [3.05, 3.63) is 147 Å². The topological polar surface area (TPSA) is 162 Å². The average Bonchev–Trinajstić information content (AvgIpc) is 3.89. The molecule has 1 aliphatic rings. The summed E-state index contributed by atoms with van der Waals surface area (Å²) < 4.78 is 12.6. The summed E-state index contributed by atoms with van der Waals surface area (Å²) in [7, 11) is -0.359.